The fraction of sp³-hybridized carbons (Fsp3) is 0.364. The van der Waals surface area contributed by atoms with Crippen molar-refractivity contribution in [2.75, 3.05) is 20.6 Å². The van der Waals surface area contributed by atoms with Crippen LogP contribution in [-0.4, -0.2) is 50.0 Å². The number of sulfonamides is 1. The number of carbonyl (C=O) groups excluding carboxylic acids is 2. The Balaban J connectivity index is 1.73. The minimum Gasteiger partial charge on any atom is -0.338 e. The Kier molecular flexibility index (Phi) is 6.19. The number of hydrogen-bond acceptors (Lipinski definition) is 4. The lowest BCUT2D eigenvalue weighted by atomic mass is 9.87. The molecule has 0 aromatic heterocycles. The van der Waals surface area contributed by atoms with E-state index in [1.54, 1.807) is 11.9 Å². The molecule has 7 heteroatoms. The van der Waals surface area contributed by atoms with Crippen molar-refractivity contribution in [1.82, 2.24) is 9.21 Å². The lowest BCUT2D eigenvalue weighted by Gasteiger charge is -2.34. The molecular formula is C22H26N2O4S. The maximum atomic E-state index is 12.9. The first-order valence-electron chi connectivity index (χ1n) is 9.62. The number of ketones is 1. The van der Waals surface area contributed by atoms with E-state index in [2.05, 4.69) is 6.07 Å². The van der Waals surface area contributed by atoms with Crippen molar-refractivity contribution < 1.29 is 18.0 Å². The molecule has 0 saturated heterocycles. The van der Waals surface area contributed by atoms with Gasteiger partial charge in [0.2, 0.25) is 15.9 Å². The molecular weight excluding hydrogens is 388 g/mol. The summed E-state index contributed by atoms with van der Waals surface area (Å²) >= 11 is 0. The second kappa shape index (κ2) is 8.47. The van der Waals surface area contributed by atoms with Gasteiger partial charge in [0.05, 0.1) is 17.5 Å². The van der Waals surface area contributed by atoms with Crippen LogP contribution in [0.15, 0.2) is 53.4 Å². The Bertz CT molecular complexity index is 1020. The number of carbonyl (C=O) groups is 2. The molecule has 0 radical (unpaired) electrons. The van der Waals surface area contributed by atoms with Crippen LogP contribution in [-0.2, 0) is 21.2 Å². The van der Waals surface area contributed by atoms with Crippen molar-refractivity contribution in [3.8, 4) is 0 Å². The van der Waals surface area contributed by atoms with Crippen molar-refractivity contribution in [1.29, 1.82) is 0 Å². The Morgan fingerprint density at radius 1 is 1.03 bits per heavy atom. The van der Waals surface area contributed by atoms with Crippen LogP contribution >= 0.6 is 0 Å². The zero-order valence-electron chi connectivity index (χ0n) is 17.0. The van der Waals surface area contributed by atoms with E-state index in [4.69, 9.17) is 0 Å². The van der Waals surface area contributed by atoms with Gasteiger partial charge in [0, 0.05) is 19.7 Å². The Labute approximate surface area is 172 Å². The molecule has 1 amide bonds. The number of hydrogen-bond donors (Lipinski definition) is 0. The molecule has 0 saturated carbocycles. The van der Waals surface area contributed by atoms with E-state index in [9.17, 15) is 18.0 Å². The zero-order valence-corrected chi connectivity index (χ0v) is 17.8. The summed E-state index contributed by atoms with van der Waals surface area (Å²) < 4.78 is 26.7. The van der Waals surface area contributed by atoms with Crippen LogP contribution < -0.4 is 0 Å². The van der Waals surface area contributed by atoms with Crippen molar-refractivity contribution in [3.05, 3.63) is 65.2 Å². The predicted octanol–water partition coefficient (Wildman–Crippen LogP) is 3.05. The maximum Gasteiger partial charge on any atom is 0.243 e. The van der Waals surface area contributed by atoms with E-state index in [-0.39, 0.29) is 29.2 Å². The van der Waals surface area contributed by atoms with Gasteiger partial charge in [-0.05, 0) is 49.4 Å². The average molecular weight is 415 g/mol. The molecule has 29 heavy (non-hydrogen) atoms. The van der Waals surface area contributed by atoms with Crippen LogP contribution in [0.3, 0.4) is 0 Å². The summed E-state index contributed by atoms with van der Waals surface area (Å²) in [6, 6.07) is 13.8. The molecule has 1 unspecified atom stereocenters. The normalized spacial score (nSPS) is 16.3. The van der Waals surface area contributed by atoms with E-state index >= 15 is 0 Å². The lowest BCUT2D eigenvalue weighted by molar-refractivity contribution is -0.132. The number of rotatable bonds is 6. The van der Waals surface area contributed by atoms with Gasteiger partial charge in [-0.2, -0.15) is 4.31 Å². The molecule has 0 spiro atoms. The highest BCUT2D eigenvalue weighted by molar-refractivity contribution is 7.89. The van der Waals surface area contributed by atoms with Crippen molar-refractivity contribution in [3.63, 3.8) is 0 Å². The minimum absolute atomic E-state index is 0.0431. The van der Waals surface area contributed by atoms with Crippen LogP contribution in [0.2, 0.25) is 0 Å². The quantitative estimate of drug-likeness (QED) is 0.681. The highest BCUT2D eigenvalue weighted by Gasteiger charge is 2.29. The first-order chi connectivity index (χ1) is 13.7. The van der Waals surface area contributed by atoms with Gasteiger partial charge in [-0.25, -0.2) is 8.42 Å². The number of benzene rings is 2. The van der Waals surface area contributed by atoms with Crippen molar-refractivity contribution in [2.45, 2.75) is 37.1 Å². The van der Waals surface area contributed by atoms with Gasteiger partial charge in [-0.3, -0.25) is 9.59 Å². The summed E-state index contributed by atoms with van der Waals surface area (Å²) in [5.74, 6) is -0.384. The molecule has 1 aliphatic rings. The monoisotopic (exact) mass is 414 g/mol. The van der Waals surface area contributed by atoms with Gasteiger partial charge in [0.15, 0.2) is 5.78 Å². The number of amides is 1. The number of aryl methyl sites for hydroxylation is 1. The first kappa shape index (κ1) is 21.2. The molecule has 2 aromatic rings. The molecule has 3 rings (SSSR count). The molecule has 154 valence electrons. The standard InChI is InChI=1S/C22H26N2O4S/c1-16(25)17-11-13-19(14-12-17)29(27,28)23(2)15-22(26)24(3)21-10-6-8-18-7-4-5-9-20(18)21/h4-5,7,9,11-14,21H,6,8,10,15H2,1-3H3. The smallest absolute Gasteiger partial charge is 0.243 e. The van der Waals surface area contributed by atoms with Crippen LogP contribution in [0, 0.1) is 0 Å². The van der Waals surface area contributed by atoms with E-state index in [0.29, 0.717) is 5.56 Å². The average Bonchev–Trinajstić information content (AvgIpc) is 2.72. The van der Waals surface area contributed by atoms with Gasteiger partial charge in [-0.15, -0.1) is 0 Å². The number of Topliss-reactive ketones (excluding diaryl/α,β-unsaturated/α-hetero) is 1. The van der Waals surface area contributed by atoms with E-state index in [0.717, 1.165) is 29.1 Å². The molecule has 1 atom stereocenters. The van der Waals surface area contributed by atoms with E-state index < -0.39 is 10.0 Å². The molecule has 1 aliphatic carbocycles. The molecule has 0 aliphatic heterocycles. The summed E-state index contributed by atoms with van der Waals surface area (Å²) in [4.78, 5) is 26.0. The zero-order chi connectivity index (χ0) is 21.2. The van der Waals surface area contributed by atoms with Gasteiger partial charge in [0.25, 0.3) is 0 Å². The minimum atomic E-state index is -3.83. The Morgan fingerprint density at radius 2 is 1.69 bits per heavy atom. The second-order valence-corrected chi connectivity index (χ2v) is 9.50. The molecule has 0 fully saturated rings. The lowest BCUT2D eigenvalue weighted by Crippen LogP contribution is -2.41. The molecule has 0 heterocycles. The Morgan fingerprint density at radius 3 is 2.34 bits per heavy atom. The molecule has 0 bridgehead atoms. The largest absolute Gasteiger partial charge is 0.338 e. The third-order valence-corrected chi connectivity index (χ3v) is 7.34. The molecule has 2 aromatic carbocycles. The summed E-state index contributed by atoms with van der Waals surface area (Å²) in [5, 5.41) is 0. The van der Waals surface area contributed by atoms with Gasteiger partial charge < -0.3 is 4.90 Å². The van der Waals surface area contributed by atoms with Gasteiger partial charge >= 0.3 is 0 Å². The van der Waals surface area contributed by atoms with E-state index in [1.165, 1.54) is 43.8 Å². The van der Waals surface area contributed by atoms with Crippen LogP contribution in [0.1, 0.15) is 47.3 Å². The van der Waals surface area contributed by atoms with Crippen LogP contribution in [0.5, 0.6) is 0 Å². The second-order valence-electron chi connectivity index (χ2n) is 7.45. The number of nitrogens with zero attached hydrogens (tertiary/aromatic N) is 2. The predicted molar refractivity (Wildman–Crippen MR) is 111 cm³/mol. The third kappa shape index (κ3) is 4.41. The molecule has 6 nitrogen and oxygen atoms in total. The number of likely N-dealkylation sites (N-methyl/N-ethyl adjacent to an activating group) is 2. The summed E-state index contributed by atoms with van der Waals surface area (Å²) in [5.41, 5.74) is 2.83. The highest BCUT2D eigenvalue weighted by Crippen LogP contribution is 2.33. The SMILES string of the molecule is CC(=O)c1ccc(S(=O)(=O)N(C)CC(=O)N(C)C2CCCc3ccccc32)cc1. The Hall–Kier alpha value is -2.51. The highest BCUT2D eigenvalue weighted by atomic mass is 32.2. The fourth-order valence-corrected chi connectivity index (χ4v) is 4.85. The van der Waals surface area contributed by atoms with Gasteiger partial charge in [-0.1, -0.05) is 36.4 Å². The summed E-state index contributed by atoms with van der Waals surface area (Å²) in [7, 11) is -0.696. The summed E-state index contributed by atoms with van der Waals surface area (Å²) in [6.45, 7) is 1.18. The van der Waals surface area contributed by atoms with Crippen molar-refractivity contribution >= 4 is 21.7 Å². The summed E-state index contributed by atoms with van der Waals surface area (Å²) in [6.07, 6.45) is 2.86. The third-order valence-electron chi connectivity index (χ3n) is 5.53. The van der Waals surface area contributed by atoms with Crippen LogP contribution in [0.4, 0.5) is 0 Å². The molecule has 0 N–H and O–H groups in total. The fourth-order valence-electron chi connectivity index (χ4n) is 3.73. The van der Waals surface area contributed by atoms with Crippen molar-refractivity contribution in [2.24, 2.45) is 0 Å². The van der Waals surface area contributed by atoms with E-state index in [1.807, 2.05) is 18.2 Å². The maximum absolute atomic E-state index is 12.9. The number of fused-ring (bicyclic) bond motifs is 1. The van der Waals surface area contributed by atoms with Crippen LogP contribution in [0.25, 0.3) is 0 Å². The topological polar surface area (TPSA) is 74.8 Å². The van der Waals surface area contributed by atoms with Gasteiger partial charge in [0.1, 0.15) is 0 Å². The first-order valence-corrected chi connectivity index (χ1v) is 11.1.